The van der Waals surface area contributed by atoms with Crippen molar-refractivity contribution in [2.75, 3.05) is 0 Å². The van der Waals surface area contributed by atoms with Gasteiger partial charge in [-0.05, 0) is 84.9 Å². The maximum atomic E-state index is 6.54. The topological polar surface area (TPSA) is 80.0 Å². The Morgan fingerprint density at radius 1 is 0.257 bits per heavy atom. The lowest BCUT2D eigenvalue weighted by Gasteiger charge is -2.18. The Morgan fingerprint density at radius 3 is 1.09 bits per heavy atom. The molecule has 0 fully saturated rings. The molecule has 0 aliphatic heterocycles. The van der Waals surface area contributed by atoms with Crippen LogP contribution in [0.1, 0.15) is 0 Å². The number of fused-ring (bicyclic) bond motifs is 19. The molecule has 8 heteroatoms. The third-order valence-corrected chi connectivity index (χ3v) is 14.8. The van der Waals surface area contributed by atoms with Gasteiger partial charge in [0.15, 0.2) is 11.6 Å². The fourth-order valence-electron chi connectivity index (χ4n) is 11.8. The van der Waals surface area contributed by atoms with Gasteiger partial charge in [-0.25, -0.2) is 9.97 Å². The van der Waals surface area contributed by atoms with Crippen molar-refractivity contribution in [3.63, 3.8) is 0 Å². The molecule has 17 rings (SSSR count). The molecular formula is C62H33N5O3. The second kappa shape index (κ2) is 13.1. The van der Waals surface area contributed by atoms with Gasteiger partial charge in [-0.1, -0.05) is 115 Å². The molecule has 17 aromatic rings. The molecule has 0 N–H and O–H groups in total. The summed E-state index contributed by atoms with van der Waals surface area (Å²) in [5.41, 5.74) is 13.8. The van der Waals surface area contributed by atoms with Gasteiger partial charge in [-0.15, -0.1) is 0 Å². The predicted molar refractivity (Wildman–Crippen MR) is 284 cm³/mol. The molecule has 0 saturated heterocycles. The maximum Gasteiger partial charge on any atom is 0.182 e. The number of hydrogen-bond acceptors (Lipinski definition) is 5. The molecular weight excluding hydrogens is 863 g/mol. The lowest BCUT2D eigenvalue weighted by atomic mass is 10.1. The third-order valence-electron chi connectivity index (χ3n) is 14.8. The zero-order valence-corrected chi connectivity index (χ0v) is 37.0. The summed E-state index contributed by atoms with van der Waals surface area (Å²) in [4.78, 5) is 11.8. The van der Waals surface area contributed by atoms with Crippen molar-refractivity contribution in [1.29, 1.82) is 0 Å². The number of rotatable bonds is 3. The van der Waals surface area contributed by atoms with Gasteiger partial charge in [-0.2, -0.15) is 0 Å². The first-order valence-corrected chi connectivity index (χ1v) is 23.6. The zero-order valence-electron chi connectivity index (χ0n) is 37.0. The van der Waals surface area contributed by atoms with Crippen LogP contribution in [0.25, 0.3) is 160 Å². The molecule has 0 aliphatic carbocycles. The van der Waals surface area contributed by atoms with Crippen LogP contribution >= 0.6 is 0 Å². The van der Waals surface area contributed by atoms with E-state index in [1.54, 1.807) is 0 Å². The Balaban J connectivity index is 1.05. The van der Waals surface area contributed by atoms with Gasteiger partial charge in [0.05, 0.1) is 44.3 Å². The van der Waals surface area contributed by atoms with Crippen LogP contribution in [0.2, 0.25) is 0 Å². The van der Waals surface area contributed by atoms with E-state index in [1.165, 1.54) is 0 Å². The van der Waals surface area contributed by atoms with E-state index in [-0.39, 0.29) is 0 Å². The van der Waals surface area contributed by atoms with E-state index in [9.17, 15) is 0 Å². The van der Waals surface area contributed by atoms with Crippen molar-refractivity contribution in [1.82, 2.24) is 23.7 Å². The first-order chi connectivity index (χ1) is 34.7. The van der Waals surface area contributed by atoms with Gasteiger partial charge in [0, 0.05) is 64.6 Å². The standard InChI is InChI=1S/C62H33N5O3/c1-7-21-47-34(14-1)40-31-57-43(37-17-4-10-25-54(37)68-57)28-51(40)65(47)50-24-13-20-46-60(50)64-62(67-49-23-9-3-16-36(49)42-33-59-45(30-53(42)67)39-19-6-12-27-56(39)70-59)61(63-46)66-48-22-8-2-15-35(48)41-32-58-44(29-52(41)66)38-18-5-11-26-55(38)69-58/h1-33H. The first kappa shape index (κ1) is 36.5. The van der Waals surface area contributed by atoms with Crippen LogP contribution < -0.4 is 0 Å². The number of hydrogen-bond donors (Lipinski definition) is 0. The van der Waals surface area contributed by atoms with Crippen LogP contribution in [0.15, 0.2) is 213 Å². The monoisotopic (exact) mass is 895 g/mol. The highest BCUT2D eigenvalue weighted by Gasteiger charge is 2.26. The molecule has 0 radical (unpaired) electrons. The van der Waals surface area contributed by atoms with Crippen LogP contribution in [0, 0.1) is 0 Å². The highest BCUT2D eigenvalue weighted by Crippen LogP contribution is 2.44. The lowest BCUT2D eigenvalue weighted by Crippen LogP contribution is -2.10. The fourth-order valence-corrected chi connectivity index (χ4v) is 11.8. The Labute approximate surface area is 395 Å². The lowest BCUT2D eigenvalue weighted by molar-refractivity contribution is 0.669. The molecule has 8 nitrogen and oxygen atoms in total. The van der Waals surface area contributed by atoms with E-state index in [0.29, 0.717) is 11.6 Å². The predicted octanol–water partition coefficient (Wildman–Crippen LogP) is 16.6. The van der Waals surface area contributed by atoms with Gasteiger partial charge >= 0.3 is 0 Å². The largest absolute Gasteiger partial charge is 0.456 e. The van der Waals surface area contributed by atoms with Gasteiger partial charge in [0.25, 0.3) is 0 Å². The Bertz CT molecular complexity index is 5150. The third kappa shape index (κ3) is 4.69. The van der Waals surface area contributed by atoms with Crippen molar-refractivity contribution >= 4 is 142 Å². The van der Waals surface area contributed by atoms with Gasteiger partial charge in [0.1, 0.15) is 39.0 Å². The van der Waals surface area contributed by atoms with E-state index in [0.717, 1.165) is 148 Å². The highest BCUT2D eigenvalue weighted by molar-refractivity contribution is 6.21. The summed E-state index contributed by atoms with van der Waals surface area (Å²) in [6.45, 7) is 0. The molecule has 0 aliphatic rings. The quantitative estimate of drug-likeness (QED) is 0.176. The normalized spacial score (nSPS) is 12.6. The average Bonchev–Trinajstić information content (AvgIpc) is 4.25. The number of benzene rings is 10. The van der Waals surface area contributed by atoms with Crippen LogP contribution in [0.4, 0.5) is 0 Å². The molecule has 0 spiro atoms. The zero-order chi connectivity index (χ0) is 45.3. The summed E-state index contributed by atoms with van der Waals surface area (Å²) < 4.78 is 26.5. The van der Waals surface area contributed by atoms with Gasteiger partial charge in [-0.3, -0.25) is 9.13 Å². The Morgan fingerprint density at radius 2 is 0.629 bits per heavy atom. The molecule has 324 valence electrons. The van der Waals surface area contributed by atoms with E-state index >= 15 is 0 Å². The van der Waals surface area contributed by atoms with Gasteiger partial charge < -0.3 is 17.8 Å². The average molecular weight is 896 g/mol. The van der Waals surface area contributed by atoms with Crippen molar-refractivity contribution in [2.24, 2.45) is 0 Å². The summed E-state index contributed by atoms with van der Waals surface area (Å²) in [5.74, 6) is 1.40. The molecule has 0 unspecified atom stereocenters. The summed E-state index contributed by atoms with van der Waals surface area (Å²) in [5, 5.41) is 12.9. The second-order valence-electron chi connectivity index (χ2n) is 18.5. The minimum absolute atomic E-state index is 0.696. The second-order valence-corrected chi connectivity index (χ2v) is 18.5. The van der Waals surface area contributed by atoms with Crippen LogP contribution in [-0.2, 0) is 0 Å². The summed E-state index contributed by atoms with van der Waals surface area (Å²) in [7, 11) is 0. The number of nitrogens with zero attached hydrogens (tertiary/aromatic N) is 5. The minimum atomic E-state index is 0.696. The smallest absolute Gasteiger partial charge is 0.182 e. The van der Waals surface area contributed by atoms with E-state index in [2.05, 4.69) is 177 Å². The van der Waals surface area contributed by atoms with Crippen molar-refractivity contribution in [2.45, 2.75) is 0 Å². The minimum Gasteiger partial charge on any atom is -0.456 e. The summed E-state index contributed by atoms with van der Waals surface area (Å²) in [6, 6.07) is 70.4. The van der Waals surface area contributed by atoms with Gasteiger partial charge in [0.2, 0.25) is 0 Å². The maximum absolute atomic E-state index is 6.54. The van der Waals surface area contributed by atoms with Crippen LogP contribution in [-0.4, -0.2) is 23.7 Å². The fraction of sp³-hybridized carbons (Fsp3) is 0. The van der Waals surface area contributed by atoms with E-state index < -0.39 is 0 Å². The number of aromatic nitrogens is 5. The first-order valence-electron chi connectivity index (χ1n) is 23.6. The van der Waals surface area contributed by atoms with Crippen LogP contribution in [0.3, 0.4) is 0 Å². The van der Waals surface area contributed by atoms with Crippen molar-refractivity contribution in [3.05, 3.63) is 200 Å². The molecule has 0 amide bonds. The molecule has 10 aromatic carbocycles. The number of para-hydroxylation sites is 7. The van der Waals surface area contributed by atoms with Crippen LogP contribution in [0.5, 0.6) is 0 Å². The number of furan rings is 3. The Kier molecular flexibility index (Phi) is 6.80. The molecule has 70 heavy (non-hydrogen) atoms. The molecule has 0 atom stereocenters. The molecule has 7 aromatic heterocycles. The summed E-state index contributed by atoms with van der Waals surface area (Å²) >= 11 is 0. The highest BCUT2D eigenvalue weighted by atomic mass is 16.3. The molecule has 7 heterocycles. The van der Waals surface area contributed by atoms with Crippen molar-refractivity contribution < 1.29 is 13.3 Å². The SMILES string of the molecule is c1cc(-n2c3ccccc3c3cc4oc5ccccc5c4cc32)c2nc(-n3c4ccccc4c4cc5oc6ccccc6c5cc43)c(-n3c4ccccc4c4cc5oc6ccccc6c5cc43)nc2c1. The molecule has 0 saturated carbocycles. The summed E-state index contributed by atoms with van der Waals surface area (Å²) in [6.07, 6.45) is 0. The van der Waals surface area contributed by atoms with E-state index in [4.69, 9.17) is 23.2 Å². The molecule has 0 bridgehead atoms. The van der Waals surface area contributed by atoms with E-state index in [1.807, 2.05) is 36.4 Å². The Hall–Kier alpha value is -9.66. The van der Waals surface area contributed by atoms with Crippen molar-refractivity contribution in [3.8, 4) is 17.3 Å².